The summed E-state index contributed by atoms with van der Waals surface area (Å²) in [5, 5.41) is 9.99. The van der Waals surface area contributed by atoms with Gasteiger partial charge in [-0.1, -0.05) is 4.89 Å². The molecule has 0 bridgehead atoms. The van der Waals surface area contributed by atoms with E-state index in [1.165, 1.54) is 0 Å². The smallest absolute Gasteiger partial charge is 0.0788 e. The summed E-state index contributed by atoms with van der Waals surface area (Å²) in [6, 6.07) is 0. The molecular formula is H5N3OS. The van der Waals surface area contributed by atoms with E-state index >= 15 is 0 Å². The summed E-state index contributed by atoms with van der Waals surface area (Å²) < 4.78 is 4.28. The van der Waals surface area contributed by atoms with Gasteiger partial charge in [0.2, 0.25) is 0 Å². The predicted octanol–water partition coefficient (Wildman–Crippen LogP) is -1.10. The molecule has 4 nitrogen and oxygen atoms in total. The van der Waals surface area contributed by atoms with Crippen molar-refractivity contribution in [2.45, 2.75) is 0 Å². The molecule has 32 valence electrons. The van der Waals surface area contributed by atoms with Crippen LogP contribution in [0.15, 0.2) is 0 Å². The third-order valence-electron chi connectivity index (χ3n) is 0.276. The van der Waals surface area contributed by atoms with Gasteiger partial charge < -0.3 is 0 Å². The average Bonchev–Trinajstić information content (AvgIpc) is 1.76. The molecule has 0 unspecified atom stereocenters. The van der Waals surface area contributed by atoms with E-state index in [2.05, 4.69) is 9.17 Å². The molecule has 0 atom stereocenters. The van der Waals surface area contributed by atoms with Crippen molar-refractivity contribution in [1.82, 2.24) is 4.89 Å². The third-order valence-corrected chi connectivity index (χ3v) is 0.827. The zero-order chi connectivity index (χ0) is 3.91. The first-order valence-electron chi connectivity index (χ1n) is 1.05. The molecule has 0 amide bonds. The number of hydrogen-bond acceptors (Lipinski definition) is 4. The molecule has 0 radical (unpaired) electrons. The molecule has 1 aliphatic rings. The molecule has 1 heterocycles. The van der Waals surface area contributed by atoms with E-state index in [-0.39, 0.29) is 0 Å². The molecule has 5 N–H and O–H groups in total. The van der Waals surface area contributed by atoms with E-state index in [1.807, 2.05) is 0 Å². The maximum absolute atomic E-state index is 4.99. The first-order valence-corrected chi connectivity index (χ1v) is 2.73. The van der Waals surface area contributed by atoms with Crippen LogP contribution in [-0.2, 0) is 4.28 Å². The van der Waals surface area contributed by atoms with Crippen molar-refractivity contribution in [3.63, 3.8) is 0 Å². The fraction of sp³-hybridized carbons (Fsp3) is 0. The van der Waals surface area contributed by atoms with E-state index in [1.54, 1.807) is 0 Å². The van der Waals surface area contributed by atoms with Crippen LogP contribution < -0.4 is 15.2 Å². The second kappa shape index (κ2) is 0.636. The van der Waals surface area contributed by atoms with Gasteiger partial charge in [0.1, 0.15) is 0 Å². The van der Waals surface area contributed by atoms with Gasteiger partial charge in [-0.2, -0.15) is 4.28 Å². The Labute approximate surface area is 31.3 Å². The van der Waals surface area contributed by atoms with Gasteiger partial charge in [0.25, 0.3) is 0 Å². The van der Waals surface area contributed by atoms with Crippen molar-refractivity contribution in [2.75, 3.05) is 0 Å². The molecule has 5 heavy (non-hydrogen) atoms. The molecule has 1 saturated heterocycles. The predicted molar refractivity (Wildman–Crippen MR) is 20.2 cm³/mol. The van der Waals surface area contributed by atoms with Gasteiger partial charge in [-0.05, 0) is 0 Å². The molecule has 1 rings (SSSR count). The second-order valence-electron chi connectivity index (χ2n) is 0.814. The lowest BCUT2D eigenvalue weighted by atomic mass is 13.6. The molecule has 0 spiro atoms. The molecule has 0 aromatic rings. The Kier molecular flexibility index (Phi) is 0.430. The lowest BCUT2D eigenvalue weighted by Gasteiger charge is -1.88. The standard InChI is InChI=1S/H5N3OS/c1-5(2)3-4-5/h3H,1-2H2. The van der Waals surface area contributed by atoms with Crippen LogP contribution in [0.3, 0.4) is 0 Å². The highest BCUT2D eigenvalue weighted by Gasteiger charge is 2.28. The fourth-order valence-corrected chi connectivity index (χ4v) is 0.354. The molecule has 1 aliphatic heterocycles. The molecular weight excluding hydrogens is 90.1 g/mol. The Balaban J connectivity index is 2.38. The summed E-state index contributed by atoms with van der Waals surface area (Å²) in [5.74, 6) is 0. The Morgan fingerprint density at radius 1 is 1.60 bits per heavy atom. The van der Waals surface area contributed by atoms with Gasteiger partial charge in [-0.3, -0.25) is 0 Å². The van der Waals surface area contributed by atoms with Crippen molar-refractivity contribution < 1.29 is 4.28 Å². The number of nitrogens with one attached hydrogen (secondary N) is 1. The highest BCUT2D eigenvalue weighted by Crippen LogP contribution is 2.38. The highest BCUT2D eigenvalue weighted by atomic mass is 32.3. The highest BCUT2D eigenvalue weighted by molar-refractivity contribution is 8.28. The number of rotatable bonds is 0. The van der Waals surface area contributed by atoms with Crippen LogP contribution in [0.4, 0.5) is 0 Å². The monoisotopic (exact) mass is 95.0 g/mol. The maximum atomic E-state index is 4.99. The zero-order valence-electron chi connectivity index (χ0n) is 2.47. The summed E-state index contributed by atoms with van der Waals surface area (Å²) in [6.45, 7) is 0. The summed E-state index contributed by atoms with van der Waals surface area (Å²) in [5.41, 5.74) is 0. The normalized spacial score (nSPS) is 36.4. The number of hydrogen-bond donors (Lipinski definition) is 3. The lowest BCUT2D eigenvalue weighted by Crippen LogP contribution is -2.06. The minimum Gasteiger partial charge on any atom is -0.248 e. The Morgan fingerprint density at radius 3 is 1.80 bits per heavy atom. The summed E-state index contributed by atoms with van der Waals surface area (Å²) >= 11 is 0. The first kappa shape index (κ1) is 3.38. The Hall–Kier alpha value is 0.190. The van der Waals surface area contributed by atoms with Gasteiger partial charge in [0.15, 0.2) is 0 Å². The largest absolute Gasteiger partial charge is 0.248 e. The van der Waals surface area contributed by atoms with Gasteiger partial charge >= 0.3 is 0 Å². The minimum atomic E-state index is -1.67. The van der Waals surface area contributed by atoms with Crippen LogP contribution in [0.25, 0.3) is 0 Å². The molecule has 0 aromatic carbocycles. The molecule has 0 aliphatic carbocycles. The summed E-state index contributed by atoms with van der Waals surface area (Å²) in [7, 11) is -1.67. The van der Waals surface area contributed by atoms with Crippen molar-refractivity contribution in [3.05, 3.63) is 0 Å². The molecule has 0 aromatic heterocycles. The summed E-state index contributed by atoms with van der Waals surface area (Å²) in [6.07, 6.45) is 0. The van der Waals surface area contributed by atoms with Crippen LogP contribution in [0.5, 0.6) is 0 Å². The van der Waals surface area contributed by atoms with E-state index < -0.39 is 10.9 Å². The van der Waals surface area contributed by atoms with Gasteiger partial charge in [0, 0.05) is 0 Å². The van der Waals surface area contributed by atoms with Crippen LogP contribution in [0.1, 0.15) is 0 Å². The summed E-state index contributed by atoms with van der Waals surface area (Å²) in [4.78, 5) is 2.31. The Morgan fingerprint density at radius 2 is 1.80 bits per heavy atom. The van der Waals surface area contributed by atoms with E-state index in [4.69, 9.17) is 10.3 Å². The Bertz CT molecular complexity index is 44.9. The first-order chi connectivity index (χ1) is 2.21. The third kappa shape index (κ3) is 0.746. The van der Waals surface area contributed by atoms with E-state index in [9.17, 15) is 0 Å². The topological polar surface area (TPSA) is 86.5 Å². The fourth-order valence-electron chi connectivity index (χ4n) is 0.0393. The van der Waals surface area contributed by atoms with Crippen LogP contribution in [0, 0.1) is 0 Å². The lowest BCUT2D eigenvalue weighted by molar-refractivity contribution is 0.467. The van der Waals surface area contributed by atoms with Crippen molar-refractivity contribution >= 4 is 10.9 Å². The minimum absolute atomic E-state index is 1.67. The van der Waals surface area contributed by atoms with E-state index in [0.717, 1.165) is 0 Å². The van der Waals surface area contributed by atoms with Gasteiger partial charge in [0.05, 0.1) is 10.9 Å². The van der Waals surface area contributed by atoms with Crippen molar-refractivity contribution in [3.8, 4) is 0 Å². The van der Waals surface area contributed by atoms with Gasteiger partial charge in [-0.15, -0.1) is 0 Å². The van der Waals surface area contributed by atoms with Crippen LogP contribution in [-0.4, -0.2) is 0 Å². The van der Waals surface area contributed by atoms with E-state index in [0.29, 0.717) is 0 Å². The van der Waals surface area contributed by atoms with Gasteiger partial charge in [-0.25, -0.2) is 10.3 Å². The van der Waals surface area contributed by atoms with Crippen molar-refractivity contribution in [2.24, 2.45) is 10.3 Å². The quantitative estimate of drug-likeness (QED) is 0.333. The van der Waals surface area contributed by atoms with Crippen LogP contribution in [0.2, 0.25) is 0 Å². The molecule has 0 saturated carbocycles. The average molecular weight is 95.1 g/mol. The number of nitrogens with two attached hydrogens (primary N) is 2. The van der Waals surface area contributed by atoms with Crippen LogP contribution >= 0.6 is 10.9 Å². The second-order valence-corrected chi connectivity index (χ2v) is 2.44. The SMILES string of the molecule is NS1(N)NO1. The molecule has 5 heteroatoms. The maximum Gasteiger partial charge on any atom is 0.0788 e. The van der Waals surface area contributed by atoms with Crippen molar-refractivity contribution in [1.29, 1.82) is 0 Å². The zero-order valence-corrected chi connectivity index (χ0v) is 3.29. The molecule has 1 fully saturated rings.